The van der Waals surface area contributed by atoms with Gasteiger partial charge in [0.25, 0.3) is 0 Å². The van der Waals surface area contributed by atoms with Crippen LogP contribution < -0.4 is 5.32 Å². The lowest BCUT2D eigenvalue weighted by Crippen LogP contribution is -2.32. The highest BCUT2D eigenvalue weighted by molar-refractivity contribution is 5.22. The summed E-state index contributed by atoms with van der Waals surface area (Å²) in [4.78, 5) is 0. The highest BCUT2D eigenvalue weighted by Gasteiger charge is 2.30. The second-order valence-corrected chi connectivity index (χ2v) is 5.61. The molecule has 1 unspecified atom stereocenters. The summed E-state index contributed by atoms with van der Waals surface area (Å²) in [7, 11) is 0. The van der Waals surface area contributed by atoms with Crippen molar-refractivity contribution in [2.45, 2.75) is 58.4 Å². The van der Waals surface area contributed by atoms with Gasteiger partial charge >= 0.3 is 0 Å². The van der Waals surface area contributed by atoms with Crippen LogP contribution in [0, 0.1) is 5.92 Å². The number of rotatable bonds is 8. The molecule has 1 heteroatoms. The van der Waals surface area contributed by atoms with Crippen molar-refractivity contribution in [1.82, 2.24) is 5.32 Å². The minimum atomic E-state index is 0.760. The lowest BCUT2D eigenvalue weighted by Gasteiger charge is -2.17. The summed E-state index contributed by atoms with van der Waals surface area (Å²) in [5, 5.41) is 3.72. The monoisotopic (exact) mass is 245 g/mol. The van der Waals surface area contributed by atoms with Gasteiger partial charge in [-0.3, -0.25) is 0 Å². The highest BCUT2D eigenvalue weighted by Crippen LogP contribution is 2.34. The van der Waals surface area contributed by atoms with E-state index in [-0.39, 0.29) is 0 Å². The van der Waals surface area contributed by atoms with Crippen molar-refractivity contribution in [3.05, 3.63) is 35.4 Å². The minimum Gasteiger partial charge on any atom is -0.314 e. The minimum absolute atomic E-state index is 0.760. The van der Waals surface area contributed by atoms with Gasteiger partial charge in [-0.2, -0.15) is 0 Å². The Morgan fingerprint density at radius 3 is 2.33 bits per heavy atom. The Bertz CT molecular complexity index is 337. The lowest BCUT2D eigenvalue weighted by atomic mass is 10.0. The highest BCUT2D eigenvalue weighted by atomic mass is 14.9. The lowest BCUT2D eigenvalue weighted by molar-refractivity contribution is 0.436. The van der Waals surface area contributed by atoms with E-state index in [1.165, 1.54) is 49.8 Å². The predicted octanol–water partition coefficient (Wildman–Crippen LogP) is 3.96. The van der Waals surface area contributed by atoms with Crippen LogP contribution in [0.2, 0.25) is 0 Å². The molecule has 0 aromatic heterocycles. The first-order chi connectivity index (χ1) is 8.83. The number of nitrogens with one attached hydrogen (secondary N) is 1. The van der Waals surface area contributed by atoms with E-state index < -0.39 is 0 Å². The van der Waals surface area contributed by atoms with Gasteiger partial charge in [0.05, 0.1) is 0 Å². The van der Waals surface area contributed by atoms with Gasteiger partial charge in [0.15, 0.2) is 0 Å². The smallest absolute Gasteiger partial charge is 0.00984 e. The molecule has 1 N–H and O–H groups in total. The van der Waals surface area contributed by atoms with Crippen molar-refractivity contribution in [1.29, 1.82) is 0 Å². The normalized spacial score (nSPS) is 16.8. The van der Waals surface area contributed by atoms with Gasteiger partial charge in [0.2, 0.25) is 0 Å². The number of hydrogen-bond donors (Lipinski definition) is 1. The van der Waals surface area contributed by atoms with Gasteiger partial charge in [-0.15, -0.1) is 0 Å². The summed E-state index contributed by atoms with van der Waals surface area (Å²) in [5.74, 6) is 0.964. The van der Waals surface area contributed by atoms with E-state index in [0.717, 1.165) is 18.4 Å². The molecular weight excluding hydrogens is 218 g/mol. The average Bonchev–Trinajstić information content (AvgIpc) is 3.24. The molecule has 1 aliphatic carbocycles. The zero-order valence-electron chi connectivity index (χ0n) is 11.9. The second kappa shape index (κ2) is 6.94. The summed E-state index contributed by atoms with van der Waals surface area (Å²) < 4.78 is 0. The summed E-state index contributed by atoms with van der Waals surface area (Å²) in [5.41, 5.74) is 2.94. The number of benzene rings is 1. The average molecular weight is 245 g/mol. The van der Waals surface area contributed by atoms with Crippen LogP contribution in [0.4, 0.5) is 0 Å². The van der Waals surface area contributed by atoms with Crippen LogP contribution in [-0.4, -0.2) is 12.6 Å². The third-order valence-corrected chi connectivity index (χ3v) is 4.02. The maximum atomic E-state index is 3.72. The molecule has 1 fully saturated rings. The largest absolute Gasteiger partial charge is 0.314 e. The standard InChI is InChI=1S/C17H27N/c1-3-13-18-17(16-10-11-16)12-9-15-7-5-14(4-2)6-8-15/h5-8,16-18H,3-4,9-13H2,1-2H3. The molecule has 1 atom stereocenters. The molecular formula is C17H27N. The SMILES string of the molecule is CCCNC(CCc1ccc(CC)cc1)C1CC1. The van der Waals surface area contributed by atoms with Gasteiger partial charge in [-0.05, 0) is 62.1 Å². The molecule has 0 radical (unpaired) electrons. The topological polar surface area (TPSA) is 12.0 Å². The number of hydrogen-bond acceptors (Lipinski definition) is 1. The molecule has 1 aromatic rings. The van der Waals surface area contributed by atoms with E-state index in [0.29, 0.717) is 0 Å². The molecule has 0 amide bonds. The molecule has 0 heterocycles. The van der Waals surface area contributed by atoms with Gasteiger partial charge in [-0.1, -0.05) is 38.1 Å². The molecule has 1 saturated carbocycles. The van der Waals surface area contributed by atoms with Crippen LogP contribution in [0.1, 0.15) is 50.7 Å². The second-order valence-electron chi connectivity index (χ2n) is 5.61. The molecule has 0 bridgehead atoms. The van der Waals surface area contributed by atoms with Crippen LogP contribution >= 0.6 is 0 Å². The van der Waals surface area contributed by atoms with E-state index in [1.54, 1.807) is 0 Å². The van der Waals surface area contributed by atoms with Crippen LogP contribution in [-0.2, 0) is 12.8 Å². The van der Waals surface area contributed by atoms with Gasteiger partial charge in [0.1, 0.15) is 0 Å². The van der Waals surface area contributed by atoms with E-state index in [2.05, 4.69) is 43.4 Å². The van der Waals surface area contributed by atoms with E-state index in [9.17, 15) is 0 Å². The Labute approximate surface area is 112 Å². The van der Waals surface area contributed by atoms with Crippen molar-refractivity contribution in [2.75, 3.05) is 6.54 Å². The molecule has 2 rings (SSSR count). The fraction of sp³-hybridized carbons (Fsp3) is 0.647. The molecule has 0 spiro atoms. The van der Waals surface area contributed by atoms with E-state index in [4.69, 9.17) is 0 Å². The Balaban J connectivity index is 1.80. The Morgan fingerprint density at radius 1 is 1.11 bits per heavy atom. The summed E-state index contributed by atoms with van der Waals surface area (Å²) >= 11 is 0. The molecule has 1 aromatic carbocycles. The maximum Gasteiger partial charge on any atom is 0.00984 e. The predicted molar refractivity (Wildman–Crippen MR) is 78.9 cm³/mol. The molecule has 100 valence electrons. The fourth-order valence-corrected chi connectivity index (χ4v) is 2.60. The van der Waals surface area contributed by atoms with Gasteiger partial charge < -0.3 is 5.32 Å². The van der Waals surface area contributed by atoms with Crippen molar-refractivity contribution in [3.63, 3.8) is 0 Å². The molecule has 1 aliphatic rings. The first kappa shape index (κ1) is 13.6. The quantitative estimate of drug-likeness (QED) is 0.731. The van der Waals surface area contributed by atoms with Gasteiger partial charge in [0, 0.05) is 6.04 Å². The Hall–Kier alpha value is -0.820. The molecule has 18 heavy (non-hydrogen) atoms. The summed E-state index contributed by atoms with van der Waals surface area (Å²) in [6.45, 7) is 5.64. The summed E-state index contributed by atoms with van der Waals surface area (Å²) in [6, 6.07) is 9.93. The first-order valence-corrected chi connectivity index (χ1v) is 7.64. The van der Waals surface area contributed by atoms with E-state index >= 15 is 0 Å². The van der Waals surface area contributed by atoms with Crippen LogP contribution in [0.5, 0.6) is 0 Å². The number of aryl methyl sites for hydroxylation is 2. The maximum absolute atomic E-state index is 3.72. The van der Waals surface area contributed by atoms with Crippen molar-refractivity contribution >= 4 is 0 Å². The Kier molecular flexibility index (Phi) is 5.25. The van der Waals surface area contributed by atoms with Gasteiger partial charge in [-0.25, -0.2) is 0 Å². The van der Waals surface area contributed by atoms with Crippen molar-refractivity contribution in [2.24, 2.45) is 5.92 Å². The van der Waals surface area contributed by atoms with Crippen molar-refractivity contribution in [3.8, 4) is 0 Å². The molecule has 0 aliphatic heterocycles. The van der Waals surface area contributed by atoms with E-state index in [1.807, 2.05) is 0 Å². The Morgan fingerprint density at radius 2 is 1.78 bits per heavy atom. The third kappa shape index (κ3) is 4.13. The van der Waals surface area contributed by atoms with Crippen LogP contribution in [0.15, 0.2) is 24.3 Å². The zero-order chi connectivity index (χ0) is 12.8. The fourth-order valence-electron chi connectivity index (χ4n) is 2.60. The van der Waals surface area contributed by atoms with Crippen molar-refractivity contribution < 1.29 is 0 Å². The molecule has 0 saturated heterocycles. The van der Waals surface area contributed by atoms with Crippen LogP contribution in [0.25, 0.3) is 0 Å². The van der Waals surface area contributed by atoms with Crippen LogP contribution in [0.3, 0.4) is 0 Å². The first-order valence-electron chi connectivity index (χ1n) is 7.64. The third-order valence-electron chi connectivity index (χ3n) is 4.02. The zero-order valence-corrected chi connectivity index (χ0v) is 11.9. The molecule has 1 nitrogen and oxygen atoms in total. The summed E-state index contributed by atoms with van der Waals surface area (Å²) in [6.07, 6.45) is 7.79.